The molecule has 0 bridgehead atoms. The summed E-state index contributed by atoms with van der Waals surface area (Å²) in [6.07, 6.45) is 2.34. The minimum absolute atomic E-state index is 0.206. The Hall–Kier alpha value is -4.20. The van der Waals surface area contributed by atoms with Crippen LogP contribution in [0.25, 0.3) is 39.2 Å². The second kappa shape index (κ2) is 10.3. The Labute approximate surface area is 228 Å². The van der Waals surface area contributed by atoms with Crippen molar-refractivity contribution < 1.29 is 14.3 Å². The molecule has 0 saturated carbocycles. The number of benzene rings is 2. The molecule has 0 radical (unpaired) electrons. The lowest BCUT2D eigenvalue weighted by Gasteiger charge is -2.15. The molecule has 0 unspecified atom stereocenters. The van der Waals surface area contributed by atoms with Gasteiger partial charge in [0.15, 0.2) is 6.29 Å². The molecule has 0 fully saturated rings. The molecule has 0 aliphatic heterocycles. The van der Waals surface area contributed by atoms with E-state index in [-0.39, 0.29) is 17.2 Å². The van der Waals surface area contributed by atoms with Gasteiger partial charge in [0.05, 0.1) is 41.2 Å². The number of carbonyl (C=O) groups excluding carboxylic acids is 1. The molecule has 0 amide bonds. The van der Waals surface area contributed by atoms with Gasteiger partial charge < -0.3 is 9.47 Å². The molecule has 190 valence electrons. The number of methoxy groups -OCH3 is 2. The Morgan fingerprint density at radius 1 is 0.842 bits per heavy atom. The van der Waals surface area contributed by atoms with Crippen molar-refractivity contribution in [3.8, 4) is 45.1 Å². The van der Waals surface area contributed by atoms with Crippen molar-refractivity contribution in [2.45, 2.75) is 6.92 Å². The van der Waals surface area contributed by atoms with Gasteiger partial charge in [-0.3, -0.25) is 14.0 Å². The number of hydrogen-bond donors (Lipinski definition) is 0. The van der Waals surface area contributed by atoms with Crippen LogP contribution in [0, 0.1) is 6.92 Å². The van der Waals surface area contributed by atoms with Crippen LogP contribution in [0.15, 0.2) is 71.7 Å². The Morgan fingerprint density at radius 2 is 1.50 bits per heavy atom. The van der Waals surface area contributed by atoms with Crippen LogP contribution in [-0.2, 0) is 0 Å². The van der Waals surface area contributed by atoms with Crippen LogP contribution in [0.1, 0.15) is 16.1 Å². The lowest BCUT2D eigenvalue weighted by atomic mass is 9.97. The zero-order chi connectivity index (χ0) is 27.0. The number of aromatic nitrogens is 3. The van der Waals surface area contributed by atoms with Crippen LogP contribution < -0.4 is 15.0 Å². The van der Waals surface area contributed by atoms with Crippen LogP contribution in [0.2, 0.25) is 10.0 Å². The zero-order valence-electron chi connectivity index (χ0n) is 20.7. The summed E-state index contributed by atoms with van der Waals surface area (Å²) < 4.78 is 11.9. The normalized spacial score (nSPS) is 11.0. The maximum Gasteiger partial charge on any atom is 0.300 e. The molecule has 5 rings (SSSR count). The Balaban J connectivity index is 1.62. The van der Waals surface area contributed by atoms with E-state index in [2.05, 4.69) is 9.97 Å². The van der Waals surface area contributed by atoms with E-state index in [1.54, 1.807) is 31.3 Å². The Morgan fingerprint density at radius 3 is 2.16 bits per heavy atom. The lowest BCUT2D eigenvalue weighted by molar-refractivity contribution is 0.112. The summed E-state index contributed by atoms with van der Waals surface area (Å²) >= 11 is 13.8. The molecule has 38 heavy (non-hydrogen) atoms. The third kappa shape index (κ3) is 4.30. The van der Waals surface area contributed by atoms with E-state index in [0.29, 0.717) is 50.1 Å². The number of carbonyl (C=O) groups is 1. The smallest absolute Gasteiger partial charge is 0.300 e. The van der Waals surface area contributed by atoms with Gasteiger partial charge in [-0.15, -0.1) is 0 Å². The molecule has 5 aromatic rings. The van der Waals surface area contributed by atoms with Crippen molar-refractivity contribution in [3.63, 3.8) is 0 Å². The number of nitrogens with zero attached hydrogens (tertiary/aromatic N) is 3. The average Bonchev–Trinajstić information content (AvgIpc) is 2.93. The standard InChI is InChI=1S/C29H21Cl2N3O4/c1-16-27(37-2)29(36)34-13-12-17(14-24(34)32-16)19-6-4-7-20(25(19)30)21-8-5-9-22(26(21)31)23-11-10-18(15-35)28(33-23)38-3/h4-15H,1-3H3. The van der Waals surface area contributed by atoms with Gasteiger partial charge >= 0.3 is 5.56 Å². The molecular formula is C29H21Cl2N3O4. The second-order valence-electron chi connectivity index (χ2n) is 8.43. The third-order valence-corrected chi connectivity index (χ3v) is 7.06. The van der Waals surface area contributed by atoms with E-state index < -0.39 is 0 Å². The summed E-state index contributed by atoms with van der Waals surface area (Å²) in [4.78, 5) is 33.0. The van der Waals surface area contributed by atoms with Gasteiger partial charge in [-0.05, 0) is 36.8 Å². The molecule has 0 spiro atoms. The van der Waals surface area contributed by atoms with Gasteiger partial charge in [-0.1, -0.05) is 59.6 Å². The quantitative estimate of drug-likeness (QED) is 0.225. The number of ether oxygens (including phenoxy) is 2. The maximum atomic E-state index is 12.7. The summed E-state index contributed by atoms with van der Waals surface area (Å²) in [5.41, 5.74) is 5.26. The summed E-state index contributed by atoms with van der Waals surface area (Å²) in [6, 6.07) is 18.2. The number of pyridine rings is 2. The van der Waals surface area contributed by atoms with Gasteiger partial charge in [-0.2, -0.15) is 0 Å². The molecule has 0 atom stereocenters. The topological polar surface area (TPSA) is 82.8 Å². The van der Waals surface area contributed by atoms with Crippen LogP contribution in [-0.4, -0.2) is 34.9 Å². The first-order valence-electron chi connectivity index (χ1n) is 11.5. The van der Waals surface area contributed by atoms with Crippen LogP contribution in [0.4, 0.5) is 0 Å². The van der Waals surface area contributed by atoms with Gasteiger partial charge in [-0.25, -0.2) is 9.97 Å². The zero-order valence-corrected chi connectivity index (χ0v) is 22.2. The Kier molecular flexibility index (Phi) is 6.89. The van der Waals surface area contributed by atoms with E-state index in [1.165, 1.54) is 18.6 Å². The molecule has 3 aromatic heterocycles. The first-order chi connectivity index (χ1) is 18.4. The van der Waals surface area contributed by atoms with Gasteiger partial charge in [0, 0.05) is 28.5 Å². The van der Waals surface area contributed by atoms with Crippen LogP contribution in [0.5, 0.6) is 11.6 Å². The van der Waals surface area contributed by atoms with Crippen molar-refractivity contribution in [2.75, 3.05) is 14.2 Å². The number of aldehydes is 1. The van der Waals surface area contributed by atoms with Crippen molar-refractivity contribution in [1.82, 2.24) is 14.4 Å². The SMILES string of the molecule is COc1nc(-c2cccc(-c3cccc(-c4ccn5c(=O)c(OC)c(C)nc5c4)c3Cl)c2Cl)ccc1C=O. The van der Waals surface area contributed by atoms with Gasteiger partial charge in [0.25, 0.3) is 0 Å². The maximum absolute atomic E-state index is 12.7. The van der Waals surface area contributed by atoms with Crippen molar-refractivity contribution in [2.24, 2.45) is 0 Å². The fourth-order valence-electron chi connectivity index (χ4n) is 4.39. The molecule has 3 heterocycles. The molecular weight excluding hydrogens is 525 g/mol. The molecule has 9 heteroatoms. The van der Waals surface area contributed by atoms with Gasteiger partial charge in [0.1, 0.15) is 5.65 Å². The van der Waals surface area contributed by atoms with E-state index in [9.17, 15) is 9.59 Å². The van der Waals surface area contributed by atoms with E-state index in [0.717, 1.165) is 16.7 Å². The first kappa shape index (κ1) is 25.4. The third-order valence-electron chi connectivity index (χ3n) is 6.25. The first-order valence-corrected chi connectivity index (χ1v) is 12.3. The highest BCUT2D eigenvalue weighted by Gasteiger charge is 2.18. The predicted molar refractivity (Wildman–Crippen MR) is 149 cm³/mol. The number of rotatable bonds is 6. The summed E-state index contributed by atoms with van der Waals surface area (Å²) in [5.74, 6) is 0.425. The summed E-state index contributed by atoms with van der Waals surface area (Å²) in [6.45, 7) is 1.73. The van der Waals surface area contributed by atoms with E-state index in [1.807, 2.05) is 42.5 Å². The van der Waals surface area contributed by atoms with E-state index in [4.69, 9.17) is 32.7 Å². The fourth-order valence-corrected chi connectivity index (χ4v) is 5.05. The average molecular weight is 546 g/mol. The monoisotopic (exact) mass is 545 g/mol. The number of aryl methyl sites for hydroxylation is 1. The molecule has 0 saturated heterocycles. The highest BCUT2D eigenvalue weighted by molar-refractivity contribution is 6.39. The predicted octanol–water partition coefficient (Wildman–Crippen LogP) is 6.54. The summed E-state index contributed by atoms with van der Waals surface area (Å²) in [7, 11) is 2.91. The van der Waals surface area contributed by atoms with Crippen molar-refractivity contribution in [3.05, 3.63) is 98.5 Å². The lowest BCUT2D eigenvalue weighted by Crippen LogP contribution is -2.18. The molecule has 7 nitrogen and oxygen atoms in total. The van der Waals surface area contributed by atoms with Crippen molar-refractivity contribution >= 4 is 35.1 Å². The second-order valence-corrected chi connectivity index (χ2v) is 9.18. The minimum atomic E-state index is -0.281. The number of fused-ring (bicyclic) bond motifs is 1. The largest absolute Gasteiger partial charge is 0.490 e. The minimum Gasteiger partial charge on any atom is -0.490 e. The van der Waals surface area contributed by atoms with E-state index >= 15 is 0 Å². The molecule has 2 aromatic carbocycles. The molecule has 0 aliphatic rings. The molecule has 0 N–H and O–H groups in total. The molecule has 0 aliphatic carbocycles. The van der Waals surface area contributed by atoms with Crippen molar-refractivity contribution in [1.29, 1.82) is 0 Å². The summed E-state index contributed by atoms with van der Waals surface area (Å²) in [5, 5.41) is 0.944. The number of halogens is 2. The highest BCUT2D eigenvalue weighted by atomic mass is 35.5. The highest BCUT2D eigenvalue weighted by Crippen LogP contribution is 2.42. The van der Waals surface area contributed by atoms with Crippen LogP contribution >= 0.6 is 23.2 Å². The Bertz CT molecular complexity index is 1780. The van der Waals surface area contributed by atoms with Crippen LogP contribution in [0.3, 0.4) is 0 Å². The van der Waals surface area contributed by atoms with Gasteiger partial charge in [0.2, 0.25) is 11.6 Å². The fraction of sp³-hybridized carbons (Fsp3) is 0.103. The number of hydrogen-bond acceptors (Lipinski definition) is 6.